The summed E-state index contributed by atoms with van der Waals surface area (Å²) in [6, 6.07) is 31.4. The largest absolute Gasteiger partial charge is 0.340 e. The molecule has 0 bridgehead atoms. The van der Waals surface area contributed by atoms with Crippen molar-refractivity contribution in [3.63, 3.8) is 0 Å². The second kappa shape index (κ2) is 5.73. The fourth-order valence-electron chi connectivity index (χ4n) is 5.83. The van der Waals surface area contributed by atoms with Gasteiger partial charge in [0.05, 0.1) is 5.52 Å². The molecule has 0 saturated heterocycles. The van der Waals surface area contributed by atoms with E-state index in [0.717, 1.165) is 13.0 Å². The van der Waals surface area contributed by atoms with Gasteiger partial charge in [0.15, 0.2) is 0 Å². The van der Waals surface area contributed by atoms with E-state index in [-0.39, 0.29) is 0 Å². The lowest BCUT2D eigenvalue weighted by Gasteiger charge is -2.12. The van der Waals surface area contributed by atoms with Gasteiger partial charge in [-0.1, -0.05) is 78.9 Å². The Hall–Kier alpha value is -3.58. The van der Waals surface area contributed by atoms with Gasteiger partial charge in [-0.05, 0) is 57.8 Å². The molecule has 7 rings (SSSR count). The Balaban J connectivity index is 1.76. The molecule has 0 amide bonds. The quantitative estimate of drug-likeness (QED) is 0.274. The average molecular weight is 383 g/mol. The van der Waals surface area contributed by atoms with Crippen LogP contribution in [0.25, 0.3) is 54.5 Å². The molecule has 30 heavy (non-hydrogen) atoms. The van der Waals surface area contributed by atoms with Gasteiger partial charge < -0.3 is 4.57 Å². The first-order valence-corrected chi connectivity index (χ1v) is 10.8. The van der Waals surface area contributed by atoms with E-state index >= 15 is 0 Å². The molecule has 1 aliphatic carbocycles. The number of nitrogens with zero attached hydrogens (tertiary/aromatic N) is 1. The molecule has 0 spiro atoms. The second-order valence-electron chi connectivity index (χ2n) is 8.37. The van der Waals surface area contributed by atoms with Crippen LogP contribution in [0, 0.1) is 0 Å². The number of aromatic nitrogens is 1. The molecule has 0 atom stereocenters. The Morgan fingerprint density at radius 2 is 1.37 bits per heavy atom. The highest BCUT2D eigenvalue weighted by molar-refractivity contribution is 6.24. The Kier molecular flexibility index (Phi) is 3.10. The molecule has 0 saturated carbocycles. The molecule has 0 aliphatic heterocycles. The number of benzene rings is 5. The number of hydrogen-bond acceptors (Lipinski definition) is 0. The Bertz CT molecular complexity index is 1650. The van der Waals surface area contributed by atoms with Crippen LogP contribution in [0.5, 0.6) is 0 Å². The minimum absolute atomic E-state index is 0.975. The number of para-hydroxylation sites is 1. The molecule has 1 aliphatic rings. The zero-order valence-corrected chi connectivity index (χ0v) is 16.9. The molecule has 0 N–H and O–H groups in total. The highest BCUT2D eigenvalue weighted by Gasteiger charge is 2.28. The predicted molar refractivity (Wildman–Crippen MR) is 128 cm³/mol. The van der Waals surface area contributed by atoms with E-state index in [4.69, 9.17) is 0 Å². The van der Waals surface area contributed by atoms with Crippen LogP contribution >= 0.6 is 0 Å². The summed E-state index contributed by atoms with van der Waals surface area (Å²) in [6.07, 6.45) is 1.01. The van der Waals surface area contributed by atoms with Gasteiger partial charge in [0.1, 0.15) is 0 Å². The maximum absolute atomic E-state index is 2.51. The van der Waals surface area contributed by atoms with Crippen molar-refractivity contribution in [2.75, 3.05) is 0 Å². The van der Waals surface area contributed by atoms with Crippen LogP contribution in [0.2, 0.25) is 0 Å². The fraction of sp³-hybridized carbons (Fsp3) is 0.103. The third-order valence-corrected chi connectivity index (χ3v) is 7.01. The van der Waals surface area contributed by atoms with E-state index in [9.17, 15) is 0 Å². The predicted octanol–water partition coefficient (Wildman–Crippen LogP) is 7.69. The molecule has 6 aromatic rings. The summed E-state index contributed by atoms with van der Waals surface area (Å²) in [5.41, 5.74) is 8.57. The van der Waals surface area contributed by atoms with Crippen LogP contribution < -0.4 is 0 Å². The van der Waals surface area contributed by atoms with Gasteiger partial charge in [0.25, 0.3) is 0 Å². The van der Waals surface area contributed by atoms with Crippen molar-refractivity contribution in [3.05, 3.63) is 96.1 Å². The first-order valence-electron chi connectivity index (χ1n) is 10.8. The van der Waals surface area contributed by atoms with Crippen LogP contribution in [0.15, 0.2) is 84.9 Å². The maximum atomic E-state index is 2.51. The number of aryl methyl sites for hydroxylation is 1. The van der Waals surface area contributed by atoms with Crippen LogP contribution in [0.3, 0.4) is 0 Å². The monoisotopic (exact) mass is 383 g/mol. The van der Waals surface area contributed by atoms with Gasteiger partial charge >= 0.3 is 0 Å². The molecular formula is C29H21N. The van der Waals surface area contributed by atoms with Gasteiger partial charge in [0, 0.05) is 28.2 Å². The topological polar surface area (TPSA) is 4.93 Å². The van der Waals surface area contributed by atoms with Crippen molar-refractivity contribution in [1.29, 1.82) is 0 Å². The van der Waals surface area contributed by atoms with Gasteiger partial charge in [-0.25, -0.2) is 0 Å². The number of fused-ring (bicyclic) bond motifs is 12. The molecule has 5 aromatic carbocycles. The summed E-state index contributed by atoms with van der Waals surface area (Å²) in [5.74, 6) is 0. The molecule has 1 heteroatoms. The molecule has 1 heterocycles. The minimum Gasteiger partial charge on any atom is -0.340 e. The Morgan fingerprint density at radius 3 is 2.20 bits per heavy atom. The highest BCUT2D eigenvalue weighted by Crippen LogP contribution is 2.50. The second-order valence-corrected chi connectivity index (χ2v) is 8.37. The lowest BCUT2D eigenvalue weighted by molar-refractivity contribution is 0.829. The van der Waals surface area contributed by atoms with Gasteiger partial charge in [-0.3, -0.25) is 0 Å². The van der Waals surface area contributed by atoms with Gasteiger partial charge in [0.2, 0.25) is 0 Å². The van der Waals surface area contributed by atoms with E-state index in [2.05, 4.69) is 96.4 Å². The summed E-state index contributed by atoms with van der Waals surface area (Å²) < 4.78 is 2.51. The molecule has 1 nitrogen and oxygen atoms in total. The van der Waals surface area contributed by atoms with E-state index < -0.39 is 0 Å². The van der Waals surface area contributed by atoms with E-state index in [0.29, 0.717) is 0 Å². The lowest BCUT2D eigenvalue weighted by atomic mass is 9.93. The van der Waals surface area contributed by atoms with Crippen molar-refractivity contribution in [2.24, 2.45) is 0 Å². The van der Waals surface area contributed by atoms with E-state index in [1.54, 1.807) is 0 Å². The zero-order chi connectivity index (χ0) is 19.8. The Labute approximate surface area is 175 Å². The van der Waals surface area contributed by atoms with E-state index in [1.165, 1.54) is 65.6 Å². The van der Waals surface area contributed by atoms with Crippen LogP contribution in [0.4, 0.5) is 0 Å². The molecule has 0 fully saturated rings. The Morgan fingerprint density at radius 1 is 0.667 bits per heavy atom. The normalized spacial score (nSPS) is 12.8. The molecule has 142 valence electrons. The fourth-order valence-corrected chi connectivity index (χ4v) is 5.83. The van der Waals surface area contributed by atoms with Crippen molar-refractivity contribution >= 4 is 43.4 Å². The van der Waals surface area contributed by atoms with Crippen LogP contribution in [0.1, 0.15) is 18.1 Å². The van der Waals surface area contributed by atoms with Crippen LogP contribution in [-0.2, 0) is 13.0 Å². The van der Waals surface area contributed by atoms with Crippen molar-refractivity contribution in [3.8, 4) is 11.1 Å². The summed E-state index contributed by atoms with van der Waals surface area (Å²) in [7, 11) is 0. The first kappa shape index (κ1) is 16.2. The summed E-state index contributed by atoms with van der Waals surface area (Å²) in [4.78, 5) is 0. The highest BCUT2D eigenvalue weighted by atomic mass is 15.0. The maximum Gasteiger partial charge on any atom is 0.0574 e. The standard InChI is InChI=1S/C29H21N/c1-2-30-26-14-8-7-13-23(26)28-25-17-24-19-10-4-3-9-18(19)15-16-21(24)27(25)20-11-5-6-12-22(20)29(28)30/h3-16H,2,17H2,1H3. The SMILES string of the molecule is CCn1c2ccccc2c2c3c(c4ccccc4c21)-c1ccc2ccccc2c1C3. The zero-order valence-electron chi connectivity index (χ0n) is 16.9. The third kappa shape index (κ3) is 1.88. The van der Waals surface area contributed by atoms with Gasteiger partial charge in [-0.2, -0.15) is 0 Å². The summed E-state index contributed by atoms with van der Waals surface area (Å²) in [5, 5.41) is 8.30. The number of rotatable bonds is 1. The molecular weight excluding hydrogens is 362 g/mol. The summed E-state index contributed by atoms with van der Waals surface area (Å²) in [6.45, 7) is 3.23. The third-order valence-electron chi connectivity index (χ3n) is 7.01. The van der Waals surface area contributed by atoms with E-state index in [1.807, 2.05) is 0 Å². The molecule has 0 radical (unpaired) electrons. The van der Waals surface area contributed by atoms with Crippen molar-refractivity contribution in [2.45, 2.75) is 19.9 Å². The smallest absolute Gasteiger partial charge is 0.0574 e. The van der Waals surface area contributed by atoms with Gasteiger partial charge in [-0.15, -0.1) is 0 Å². The molecule has 1 aromatic heterocycles. The molecule has 0 unspecified atom stereocenters. The van der Waals surface area contributed by atoms with Crippen molar-refractivity contribution < 1.29 is 0 Å². The van der Waals surface area contributed by atoms with Crippen LogP contribution in [-0.4, -0.2) is 4.57 Å². The summed E-state index contributed by atoms with van der Waals surface area (Å²) >= 11 is 0. The number of hydrogen-bond donors (Lipinski definition) is 0. The minimum atomic E-state index is 0.975. The van der Waals surface area contributed by atoms with Crippen molar-refractivity contribution in [1.82, 2.24) is 4.57 Å². The first-order chi connectivity index (χ1) is 14.9. The average Bonchev–Trinajstić information content (AvgIpc) is 3.35. The lowest BCUT2D eigenvalue weighted by Crippen LogP contribution is -1.95.